The lowest BCUT2D eigenvalue weighted by atomic mass is 9.88. The van der Waals surface area contributed by atoms with Gasteiger partial charge >= 0.3 is 5.97 Å². The van der Waals surface area contributed by atoms with Crippen LogP contribution in [0.2, 0.25) is 0 Å². The highest BCUT2D eigenvalue weighted by Crippen LogP contribution is 2.21. The third-order valence-electron chi connectivity index (χ3n) is 8.85. The molecular formula is C36H53N7O6. The van der Waals surface area contributed by atoms with Crippen molar-refractivity contribution in [1.29, 1.82) is 0 Å². The van der Waals surface area contributed by atoms with Gasteiger partial charge in [0.05, 0.1) is 6.04 Å². The first-order chi connectivity index (χ1) is 23.3. The van der Waals surface area contributed by atoms with Gasteiger partial charge in [0, 0.05) is 19.5 Å². The van der Waals surface area contributed by atoms with Gasteiger partial charge in [0.1, 0.15) is 23.7 Å². The van der Waals surface area contributed by atoms with Crippen LogP contribution in [0.15, 0.2) is 60.7 Å². The van der Waals surface area contributed by atoms with Gasteiger partial charge in [-0.2, -0.15) is 0 Å². The van der Waals surface area contributed by atoms with E-state index < -0.39 is 53.4 Å². The Morgan fingerprint density at radius 2 is 1.29 bits per heavy atom. The summed E-state index contributed by atoms with van der Waals surface area (Å²) in [5.41, 5.74) is 18.2. The number of carbonyl (C=O) groups excluding carboxylic acids is 4. The van der Waals surface area contributed by atoms with Crippen molar-refractivity contribution in [3.8, 4) is 0 Å². The maximum absolute atomic E-state index is 13.9. The number of aliphatic carboxylic acids is 1. The van der Waals surface area contributed by atoms with Gasteiger partial charge in [-0.15, -0.1) is 0 Å². The quantitative estimate of drug-likeness (QED) is 0.111. The van der Waals surface area contributed by atoms with E-state index >= 15 is 0 Å². The molecule has 0 spiro atoms. The molecular weight excluding hydrogens is 626 g/mol. The van der Waals surface area contributed by atoms with Crippen LogP contribution in [-0.4, -0.2) is 88.9 Å². The Balaban J connectivity index is 1.77. The number of rotatable bonds is 18. The van der Waals surface area contributed by atoms with E-state index in [9.17, 15) is 29.1 Å². The number of likely N-dealkylation sites (tertiary alicyclic amines) is 1. The van der Waals surface area contributed by atoms with Crippen molar-refractivity contribution < 1.29 is 29.1 Å². The van der Waals surface area contributed by atoms with Crippen LogP contribution in [0.1, 0.15) is 63.5 Å². The van der Waals surface area contributed by atoms with Crippen molar-refractivity contribution in [2.24, 2.45) is 23.1 Å². The minimum atomic E-state index is -1.40. The Morgan fingerprint density at radius 3 is 1.82 bits per heavy atom. The molecule has 4 atom stereocenters. The molecule has 268 valence electrons. The fourth-order valence-corrected chi connectivity index (χ4v) is 5.86. The number of unbranched alkanes of at least 4 members (excludes halogenated alkanes) is 1. The zero-order chi connectivity index (χ0) is 36.0. The van der Waals surface area contributed by atoms with Crippen molar-refractivity contribution in [1.82, 2.24) is 20.9 Å². The van der Waals surface area contributed by atoms with Gasteiger partial charge in [-0.3, -0.25) is 24.0 Å². The molecule has 2 aromatic rings. The van der Waals surface area contributed by atoms with Crippen LogP contribution < -0.4 is 33.2 Å². The zero-order valence-corrected chi connectivity index (χ0v) is 28.6. The number of carboxylic acid groups (broad SMARTS) is 1. The van der Waals surface area contributed by atoms with Crippen LogP contribution in [0.25, 0.3) is 0 Å². The number of amides is 4. The summed E-state index contributed by atoms with van der Waals surface area (Å²) in [7, 11) is 0. The molecule has 4 amide bonds. The SMILES string of the molecule is CC(C)C[C@@H](NC(=O)[C@H](Cc1ccccc1)NC(=O)[C@H](N)Cc1ccccc1)C(=O)N[C@@H](CCCCN)C(=O)N1CCC(N)(C(=O)O)CC1. The lowest BCUT2D eigenvalue weighted by Gasteiger charge is -2.38. The van der Waals surface area contributed by atoms with Crippen LogP contribution in [0.4, 0.5) is 0 Å². The average molecular weight is 680 g/mol. The van der Waals surface area contributed by atoms with Crippen LogP contribution in [0, 0.1) is 5.92 Å². The molecule has 10 N–H and O–H groups in total. The molecule has 0 radical (unpaired) electrons. The summed E-state index contributed by atoms with van der Waals surface area (Å²) in [6, 6.07) is 14.7. The molecule has 1 fully saturated rings. The number of hydrogen-bond donors (Lipinski definition) is 7. The van der Waals surface area contributed by atoms with Gasteiger partial charge in [-0.25, -0.2) is 0 Å². The van der Waals surface area contributed by atoms with Crippen molar-refractivity contribution in [3.63, 3.8) is 0 Å². The molecule has 0 aromatic heterocycles. The summed E-state index contributed by atoms with van der Waals surface area (Å²) < 4.78 is 0. The lowest BCUT2D eigenvalue weighted by molar-refractivity contribution is -0.148. The molecule has 1 aliphatic heterocycles. The van der Waals surface area contributed by atoms with Crippen LogP contribution in [0.3, 0.4) is 0 Å². The molecule has 1 aliphatic rings. The molecule has 0 unspecified atom stereocenters. The fraction of sp³-hybridized carbons (Fsp3) is 0.528. The second-order valence-electron chi connectivity index (χ2n) is 13.4. The Morgan fingerprint density at radius 1 is 0.776 bits per heavy atom. The molecule has 3 rings (SSSR count). The van der Waals surface area contributed by atoms with E-state index in [1.807, 2.05) is 74.5 Å². The number of carbonyl (C=O) groups is 5. The van der Waals surface area contributed by atoms with E-state index in [1.165, 1.54) is 4.90 Å². The van der Waals surface area contributed by atoms with Gasteiger partial charge in [-0.05, 0) is 68.5 Å². The molecule has 0 saturated carbocycles. The first kappa shape index (κ1) is 39.1. The number of benzene rings is 2. The molecule has 0 aliphatic carbocycles. The lowest BCUT2D eigenvalue weighted by Crippen LogP contribution is -2.60. The molecule has 13 nitrogen and oxygen atoms in total. The van der Waals surface area contributed by atoms with Crippen LogP contribution in [0.5, 0.6) is 0 Å². The number of hydrogen-bond acceptors (Lipinski definition) is 8. The van der Waals surface area contributed by atoms with Crippen molar-refractivity contribution in [2.45, 2.75) is 94.9 Å². The largest absolute Gasteiger partial charge is 0.480 e. The Kier molecular flexibility index (Phi) is 15.2. The van der Waals surface area contributed by atoms with Gasteiger partial charge in [0.25, 0.3) is 0 Å². The minimum Gasteiger partial charge on any atom is -0.480 e. The first-order valence-corrected chi connectivity index (χ1v) is 17.1. The van der Waals surface area contributed by atoms with E-state index in [0.29, 0.717) is 25.8 Å². The summed E-state index contributed by atoms with van der Waals surface area (Å²) in [6.07, 6.45) is 2.44. The van der Waals surface area contributed by atoms with Gasteiger partial charge in [0.15, 0.2) is 0 Å². The van der Waals surface area contributed by atoms with Crippen molar-refractivity contribution >= 4 is 29.6 Å². The number of nitrogens with one attached hydrogen (secondary N) is 3. The molecule has 2 aromatic carbocycles. The predicted octanol–water partition coefficient (Wildman–Crippen LogP) is 0.833. The summed E-state index contributed by atoms with van der Waals surface area (Å²) in [5, 5.41) is 18.0. The van der Waals surface area contributed by atoms with E-state index in [4.69, 9.17) is 17.2 Å². The molecule has 13 heteroatoms. The topological polar surface area (TPSA) is 223 Å². The maximum Gasteiger partial charge on any atom is 0.323 e. The Labute approximate surface area is 288 Å². The number of nitrogens with two attached hydrogens (primary N) is 3. The third kappa shape index (κ3) is 12.3. The normalized spacial score (nSPS) is 16.6. The molecule has 1 heterocycles. The standard InChI is InChI=1S/C36H53N7O6/c1-24(2)21-29(32(45)40-28(15-9-10-18-37)34(47)43-19-16-36(39,17-20-43)35(48)49)42-33(46)30(23-26-13-7-4-8-14-26)41-31(44)27(38)22-25-11-5-3-6-12-25/h3-8,11-14,24,27-30H,9-10,15-23,37-39H2,1-2H3,(H,40,45)(H,41,44)(H,42,46)(H,48,49)/t27-,28+,29-,30+/m1/s1. The smallest absolute Gasteiger partial charge is 0.323 e. The fourth-order valence-electron chi connectivity index (χ4n) is 5.86. The van der Waals surface area contributed by atoms with E-state index in [1.54, 1.807) is 0 Å². The van der Waals surface area contributed by atoms with Gasteiger partial charge in [-0.1, -0.05) is 74.5 Å². The number of piperidine rings is 1. The monoisotopic (exact) mass is 679 g/mol. The minimum absolute atomic E-state index is 0.000286. The highest BCUT2D eigenvalue weighted by atomic mass is 16.4. The summed E-state index contributed by atoms with van der Waals surface area (Å²) in [4.78, 5) is 67.7. The Hall–Kier alpha value is -4.33. The number of carboxylic acids is 1. The second kappa shape index (κ2) is 19.0. The van der Waals surface area contributed by atoms with Crippen LogP contribution in [-0.2, 0) is 36.8 Å². The highest BCUT2D eigenvalue weighted by molar-refractivity contribution is 5.95. The second-order valence-corrected chi connectivity index (χ2v) is 13.4. The maximum atomic E-state index is 13.9. The van der Waals surface area contributed by atoms with Gasteiger partial charge < -0.3 is 43.2 Å². The Bertz CT molecular complexity index is 1380. The van der Waals surface area contributed by atoms with Crippen molar-refractivity contribution in [3.05, 3.63) is 71.8 Å². The number of nitrogens with zero attached hydrogens (tertiary/aromatic N) is 1. The molecule has 0 bridgehead atoms. The molecule has 49 heavy (non-hydrogen) atoms. The highest BCUT2D eigenvalue weighted by Gasteiger charge is 2.40. The van der Waals surface area contributed by atoms with E-state index in [0.717, 1.165) is 11.1 Å². The predicted molar refractivity (Wildman–Crippen MR) is 187 cm³/mol. The van der Waals surface area contributed by atoms with E-state index in [-0.39, 0.29) is 57.0 Å². The first-order valence-electron chi connectivity index (χ1n) is 17.1. The summed E-state index contributed by atoms with van der Waals surface area (Å²) in [5.74, 6) is -3.04. The van der Waals surface area contributed by atoms with Crippen LogP contribution >= 0.6 is 0 Å². The van der Waals surface area contributed by atoms with E-state index in [2.05, 4.69) is 16.0 Å². The summed E-state index contributed by atoms with van der Waals surface area (Å²) >= 11 is 0. The van der Waals surface area contributed by atoms with Gasteiger partial charge in [0.2, 0.25) is 23.6 Å². The van der Waals surface area contributed by atoms with Crippen molar-refractivity contribution in [2.75, 3.05) is 19.6 Å². The zero-order valence-electron chi connectivity index (χ0n) is 28.6. The average Bonchev–Trinajstić information content (AvgIpc) is 3.07. The third-order valence-corrected chi connectivity index (χ3v) is 8.85. The molecule has 1 saturated heterocycles. The summed E-state index contributed by atoms with van der Waals surface area (Å²) in [6.45, 7) is 4.53.